The van der Waals surface area contributed by atoms with Gasteiger partial charge in [-0.3, -0.25) is 0 Å². The standard InChI is InChI=1S/C16H26FN3/c1-3-15(18)12-13-11-14(17)5-6-16(13)20-9-7-19(4-2)8-10-20/h5-6,11,15H,3-4,7-10,12,18H2,1-2H3. The van der Waals surface area contributed by atoms with E-state index in [0.29, 0.717) is 0 Å². The molecule has 112 valence electrons. The lowest BCUT2D eigenvalue weighted by Crippen LogP contribution is -2.46. The first-order valence-electron chi connectivity index (χ1n) is 7.65. The van der Waals surface area contributed by atoms with Gasteiger partial charge in [0, 0.05) is 37.9 Å². The van der Waals surface area contributed by atoms with Crippen molar-refractivity contribution < 1.29 is 4.39 Å². The van der Waals surface area contributed by atoms with Crippen LogP contribution in [0.15, 0.2) is 18.2 Å². The molecule has 1 aromatic carbocycles. The average molecular weight is 279 g/mol. The summed E-state index contributed by atoms with van der Waals surface area (Å²) in [4.78, 5) is 4.81. The first-order chi connectivity index (χ1) is 9.63. The van der Waals surface area contributed by atoms with E-state index >= 15 is 0 Å². The molecule has 1 atom stereocenters. The Balaban J connectivity index is 2.14. The lowest BCUT2D eigenvalue weighted by Gasteiger charge is -2.36. The third kappa shape index (κ3) is 3.70. The first kappa shape index (κ1) is 15.3. The van der Waals surface area contributed by atoms with Crippen LogP contribution in [0, 0.1) is 5.82 Å². The number of benzene rings is 1. The summed E-state index contributed by atoms with van der Waals surface area (Å²) in [5.41, 5.74) is 8.25. The summed E-state index contributed by atoms with van der Waals surface area (Å²) in [7, 11) is 0. The van der Waals surface area contributed by atoms with Crippen LogP contribution >= 0.6 is 0 Å². The van der Waals surface area contributed by atoms with Gasteiger partial charge in [0.05, 0.1) is 0 Å². The maximum absolute atomic E-state index is 13.5. The molecule has 0 bridgehead atoms. The molecule has 2 N–H and O–H groups in total. The largest absolute Gasteiger partial charge is 0.369 e. The van der Waals surface area contributed by atoms with E-state index in [2.05, 4.69) is 23.6 Å². The van der Waals surface area contributed by atoms with Gasteiger partial charge in [0.25, 0.3) is 0 Å². The predicted octanol–water partition coefficient (Wildman–Crippen LogP) is 2.25. The van der Waals surface area contributed by atoms with E-state index in [0.717, 1.165) is 56.8 Å². The molecule has 1 heterocycles. The SMILES string of the molecule is CCC(N)Cc1cc(F)ccc1N1CCN(CC)CC1. The topological polar surface area (TPSA) is 32.5 Å². The Morgan fingerprint density at radius 1 is 1.20 bits per heavy atom. The molecule has 1 aromatic rings. The molecule has 3 nitrogen and oxygen atoms in total. The first-order valence-corrected chi connectivity index (χ1v) is 7.65. The Morgan fingerprint density at radius 3 is 2.50 bits per heavy atom. The molecule has 1 fully saturated rings. The van der Waals surface area contributed by atoms with Gasteiger partial charge in [-0.05, 0) is 43.1 Å². The van der Waals surface area contributed by atoms with Gasteiger partial charge < -0.3 is 15.5 Å². The Kier molecular flexibility index (Phi) is 5.38. The highest BCUT2D eigenvalue weighted by Gasteiger charge is 2.19. The second kappa shape index (κ2) is 7.04. The highest BCUT2D eigenvalue weighted by molar-refractivity contribution is 5.54. The van der Waals surface area contributed by atoms with Crippen molar-refractivity contribution in [2.24, 2.45) is 5.73 Å². The predicted molar refractivity (Wildman–Crippen MR) is 82.7 cm³/mol. The van der Waals surface area contributed by atoms with E-state index in [1.807, 2.05) is 6.07 Å². The number of nitrogens with two attached hydrogens (primary N) is 1. The average Bonchev–Trinajstić information content (AvgIpc) is 2.47. The van der Waals surface area contributed by atoms with Gasteiger partial charge in [-0.2, -0.15) is 0 Å². The van der Waals surface area contributed by atoms with Gasteiger partial charge in [0.1, 0.15) is 5.82 Å². The number of nitrogens with zero attached hydrogens (tertiary/aromatic N) is 2. The molecule has 0 amide bonds. The Bertz CT molecular complexity index is 428. The Hall–Kier alpha value is -1.13. The van der Waals surface area contributed by atoms with Crippen molar-refractivity contribution in [3.05, 3.63) is 29.6 Å². The van der Waals surface area contributed by atoms with Crippen molar-refractivity contribution in [2.45, 2.75) is 32.7 Å². The van der Waals surface area contributed by atoms with E-state index in [1.54, 1.807) is 12.1 Å². The van der Waals surface area contributed by atoms with Crippen LogP contribution in [-0.4, -0.2) is 43.7 Å². The third-order valence-electron chi connectivity index (χ3n) is 4.21. The van der Waals surface area contributed by atoms with Crippen molar-refractivity contribution in [3.8, 4) is 0 Å². The van der Waals surface area contributed by atoms with Gasteiger partial charge in [0.2, 0.25) is 0 Å². The van der Waals surface area contributed by atoms with E-state index in [-0.39, 0.29) is 11.9 Å². The summed E-state index contributed by atoms with van der Waals surface area (Å²) >= 11 is 0. The molecular formula is C16H26FN3. The molecule has 1 unspecified atom stereocenters. The summed E-state index contributed by atoms with van der Waals surface area (Å²) in [5.74, 6) is -0.167. The smallest absolute Gasteiger partial charge is 0.123 e. The molecule has 0 aromatic heterocycles. The molecule has 1 saturated heterocycles. The fourth-order valence-electron chi connectivity index (χ4n) is 2.76. The van der Waals surface area contributed by atoms with Crippen LogP contribution in [0.25, 0.3) is 0 Å². The van der Waals surface area contributed by atoms with Gasteiger partial charge >= 0.3 is 0 Å². The maximum Gasteiger partial charge on any atom is 0.123 e. The number of hydrogen-bond donors (Lipinski definition) is 1. The van der Waals surface area contributed by atoms with Gasteiger partial charge in [0.15, 0.2) is 0 Å². The fourth-order valence-corrected chi connectivity index (χ4v) is 2.76. The van der Waals surface area contributed by atoms with Crippen molar-refractivity contribution in [1.29, 1.82) is 0 Å². The number of anilines is 1. The minimum Gasteiger partial charge on any atom is -0.369 e. The van der Waals surface area contributed by atoms with Crippen LogP contribution in [0.1, 0.15) is 25.8 Å². The number of likely N-dealkylation sites (N-methyl/N-ethyl adjacent to an activating group) is 1. The van der Waals surface area contributed by atoms with Gasteiger partial charge in [-0.25, -0.2) is 4.39 Å². The zero-order valence-corrected chi connectivity index (χ0v) is 12.6. The molecule has 2 rings (SSSR count). The summed E-state index contributed by atoms with van der Waals surface area (Å²) in [5, 5.41) is 0. The zero-order chi connectivity index (χ0) is 14.5. The lowest BCUT2D eigenvalue weighted by atomic mass is 10.0. The second-order valence-electron chi connectivity index (χ2n) is 5.57. The van der Waals surface area contributed by atoms with Crippen LogP contribution in [-0.2, 0) is 6.42 Å². The van der Waals surface area contributed by atoms with Crippen molar-refractivity contribution in [2.75, 3.05) is 37.6 Å². The van der Waals surface area contributed by atoms with Crippen LogP contribution in [0.5, 0.6) is 0 Å². The third-order valence-corrected chi connectivity index (χ3v) is 4.21. The maximum atomic E-state index is 13.5. The van der Waals surface area contributed by atoms with Crippen molar-refractivity contribution in [1.82, 2.24) is 4.90 Å². The molecule has 20 heavy (non-hydrogen) atoms. The summed E-state index contributed by atoms with van der Waals surface area (Å²) in [6.07, 6.45) is 1.66. The molecule has 0 aliphatic carbocycles. The second-order valence-corrected chi connectivity index (χ2v) is 5.57. The van der Waals surface area contributed by atoms with Crippen molar-refractivity contribution in [3.63, 3.8) is 0 Å². The van der Waals surface area contributed by atoms with E-state index in [4.69, 9.17) is 5.73 Å². The zero-order valence-electron chi connectivity index (χ0n) is 12.6. The lowest BCUT2D eigenvalue weighted by molar-refractivity contribution is 0.271. The molecule has 1 aliphatic rings. The van der Waals surface area contributed by atoms with Crippen LogP contribution in [0.4, 0.5) is 10.1 Å². The molecule has 0 radical (unpaired) electrons. The minimum atomic E-state index is -0.167. The van der Waals surface area contributed by atoms with Crippen LogP contribution < -0.4 is 10.6 Å². The molecule has 0 saturated carbocycles. The normalized spacial score (nSPS) is 18.3. The summed E-state index contributed by atoms with van der Waals surface area (Å²) < 4.78 is 13.5. The molecule has 0 spiro atoms. The Labute approximate surface area is 121 Å². The number of hydrogen-bond acceptors (Lipinski definition) is 3. The van der Waals surface area contributed by atoms with Crippen LogP contribution in [0.2, 0.25) is 0 Å². The van der Waals surface area contributed by atoms with Gasteiger partial charge in [-0.1, -0.05) is 13.8 Å². The van der Waals surface area contributed by atoms with E-state index < -0.39 is 0 Å². The summed E-state index contributed by atoms with van der Waals surface area (Å²) in [6.45, 7) is 9.54. The van der Waals surface area contributed by atoms with E-state index in [1.165, 1.54) is 0 Å². The van der Waals surface area contributed by atoms with Gasteiger partial charge in [-0.15, -0.1) is 0 Å². The Morgan fingerprint density at radius 2 is 1.90 bits per heavy atom. The van der Waals surface area contributed by atoms with Crippen molar-refractivity contribution >= 4 is 5.69 Å². The molecule has 1 aliphatic heterocycles. The van der Waals surface area contributed by atoms with Crippen LogP contribution in [0.3, 0.4) is 0 Å². The fraction of sp³-hybridized carbons (Fsp3) is 0.625. The molecule has 4 heteroatoms. The minimum absolute atomic E-state index is 0.104. The highest BCUT2D eigenvalue weighted by atomic mass is 19.1. The number of piperazine rings is 1. The monoisotopic (exact) mass is 279 g/mol. The highest BCUT2D eigenvalue weighted by Crippen LogP contribution is 2.24. The number of halogens is 1. The number of rotatable bonds is 5. The summed E-state index contributed by atoms with van der Waals surface area (Å²) in [6, 6.07) is 5.22. The quantitative estimate of drug-likeness (QED) is 0.897. The molecular weight excluding hydrogens is 253 g/mol. The van der Waals surface area contributed by atoms with E-state index in [9.17, 15) is 4.39 Å².